The van der Waals surface area contributed by atoms with Crippen LogP contribution >= 0.6 is 0 Å². The summed E-state index contributed by atoms with van der Waals surface area (Å²) in [7, 11) is 0. The van der Waals surface area contributed by atoms with Gasteiger partial charge >= 0.3 is 0 Å². The molecule has 1 aliphatic heterocycles. The molecule has 1 fully saturated rings. The van der Waals surface area contributed by atoms with Crippen LogP contribution in [0.5, 0.6) is 0 Å². The highest BCUT2D eigenvalue weighted by atomic mass is 16.4. The first-order valence-electron chi connectivity index (χ1n) is 8.13. The number of nitrogens with one attached hydrogen (secondary N) is 1. The zero-order chi connectivity index (χ0) is 15.5. The molecule has 2 aromatic rings. The number of nitrogens with zero attached hydrogens (tertiary/aromatic N) is 2. The maximum absolute atomic E-state index is 5.89. The molecule has 1 saturated heterocycles. The largest absolute Gasteiger partial charge is 0.441 e. The van der Waals surface area contributed by atoms with Gasteiger partial charge < -0.3 is 9.73 Å². The summed E-state index contributed by atoms with van der Waals surface area (Å²) in [6.45, 7) is 11.6. The quantitative estimate of drug-likeness (QED) is 0.941. The molecular formula is C18H25N3O. The Balaban J connectivity index is 1.76. The van der Waals surface area contributed by atoms with E-state index in [1.165, 1.54) is 5.56 Å². The summed E-state index contributed by atoms with van der Waals surface area (Å²) in [5, 5.41) is 3.37. The summed E-state index contributed by atoms with van der Waals surface area (Å²) < 4.78 is 5.89. The molecule has 1 aromatic heterocycles. The maximum Gasteiger partial charge on any atom is 0.226 e. The molecule has 0 aliphatic carbocycles. The summed E-state index contributed by atoms with van der Waals surface area (Å²) in [4.78, 5) is 7.14. The summed E-state index contributed by atoms with van der Waals surface area (Å²) in [6.07, 6.45) is 0. The number of hydrogen-bond acceptors (Lipinski definition) is 4. The van der Waals surface area contributed by atoms with Crippen LogP contribution in [0.25, 0.3) is 11.5 Å². The molecule has 0 atom stereocenters. The van der Waals surface area contributed by atoms with E-state index in [-0.39, 0.29) is 0 Å². The fourth-order valence-electron chi connectivity index (χ4n) is 2.79. The molecule has 22 heavy (non-hydrogen) atoms. The third kappa shape index (κ3) is 3.39. The Labute approximate surface area is 132 Å². The second-order valence-electron chi connectivity index (χ2n) is 6.32. The van der Waals surface area contributed by atoms with Crippen LogP contribution in [0.1, 0.15) is 36.8 Å². The minimum Gasteiger partial charge on any atom is -0.441 e. The van der Waals surface area contributed by atoms with Gasteiger partial charge in [0.2, 0.25) is 5.89 Å². The molecule has 4 heteroatoms. The summed E-state index contributed by atoms with van der Waals surface area (Å²) >= 11 is 0. The minimum absolute atomic E-state index is 0.545. The number of oxazole rings is 1. The first-order chi connectivity index (χ1) is 10.6. The van der Waals surface area contributed by atoms with E-state index in [9.17, 15) is 0 Å². The van der Waals surface area contributed by atoms with Crippen molar-refractivity contribution in [3.05, 3.63) is 41.3 Å². The predicted octanol–water partition coefficient (Wildman–Crippen LogP) is 3.18. The summed E-state index contributed by atoms with van der Waals surface area (Å²) in [6, 6.07) is 8.54. The minimum atomic E-state index is 0.545. The van der Waals surface area contributed by atoms with Gasteiger partial charge in [-0.25, -0.2) is 4.98 Å². The lowest BCUT2D eigenvalue weighted by molar-refractivity contribution is 0.230. The number of piperazine rings is 1. The Morgan fingerprint density at radius 2 is 1.86 bits per heavy atom. The Kier molecular flexibility index (Phi) is 4.60. The highest BCUT2D eigenvalue weighted by Gasteiger charge is 2.16. The van der Waals surface area contributed by atoms with E-state index in [1.807, 2.05) is 6.92 Å². The van der Waals surface area contributed by atoms with Crippen molar-refractivity contribution in [2.24, 2.45) is 0 Å². The number of benzene rings is 1. The molecule has 0 radical (unpaired) electrons. The van der Waals surface area contributed by atoms with Gasteiger partial charge in [0, 0.05) is 38.3 Å². The van der Waals surface area contributed by atoms with Crippen molar-refractivity contribution in [3.8, 4) is 11.5 Å². The van der Waals surface area contributed by atoms with Gasteiger partial charge in [-0.15, -0.1) is 0 Å². The first kappa shape index (κ1) is 15.3. The normalized spacial score (nSPS) is 16.4. The second kappa shape index (κ2) is 6.63. The molecular weight excluding hydrogens is 274 g/mol. The van der Waals surface area contributed by atoms with Gasteiger partial charge in [-0.3, -0.25) is 4.90 Å². The van der Waals surface area contributed by atoms with Crippen LogP contribution in [0.2, 0.25) is 0 Å². The van der Waals surface area contributed by atoms with E-state index in [2.05, 4.69) is 48.3 Å². The van der Waals surface area contributed by atoms with Crippen LogP contribution in [0.15, 0.2) is 28.7 Å². The highest BCUT2D eigenvalue weighted by Crippen LogP contribution is 2.24. The molecule has 2 heterocycles. The lowest BCUT2D eigenvalue weighted by Crippen LogP contribution is -2.43. The van der Waals surface area contributed by atoms with E-state index in [0.717, 1.165) is 55.6 Å². The van der Waals surface area contributed by atoms with Crippen LogP contribution in [0.3, 0.4) is 0 Å². The molecule has 0 bridgehead atoms. The van der Waals surface area contributed by atoms with E-state index in [1.54, 1.807) is 0 Å². The third-order valence-corrected chi connectivity index (χ3v) is 4.30. The SMILES string of the molecule is Cc1oc(-c2ccc(C(C)C)cc2)nc1CN1CCNCC1. The molecule has 1 aromatic carbocycles. The highest BCUT2D eigenvalue weighted by molar-refractivity contribution is 5.54. The Morgan fingerprint density at radius 3 is 2.50 bits per heavy atom. The Morgan fingerprint density at radius 1 is 1.18 bits per heavy atom. The summed E-state index contributed by atoms with van der Waals surface area (Å²) in [5.74, 6) is 2.21. The monoisotopic (exact) mass is 299 g/mol. The summed E-state index contributed by atoms with van der Waals surface area (Å²) in [5.41, 5.74) is 3.46. The second-order valence-corrected chi connectivity index (χ2v) is 6.32. The van der Waals surface area contributed by atoms with Crippen molar-refractivity contribution >= 4 is 0 Å². The zero-order valence-corrected chi connectivity index (χ0v) is 13.7. The molecule has 0 amide bonds. The zero-order valence-electron chi connectivity index (χ0n) is 13.7. The van der Waals surface area contributed by atoms with Crippen molar-refractivity contribution in [2.75, 3.05) is 26.2 Å². The topological polar surface area (TPSA) is 41.3 Å². The average Bonchev–Trinajstić information content (AvgIpc) is 2.89. The maximum atomic E-state index is 5.89. The van der Waals surface area contributed by atoms with E-state index in [4.69, 9.17) is 9.40 Å². The van der Waals surface area contributed by atoms with E-state index in [0.29, 0.717) is 5.92 Å². The molecule has 3 rings (SSSR count). The van der Waals surface area contributed by atoms with Crippen LogP contribution in [-0.2, 0) is 6.54 Å². The van der Waals surface area contributed by atoms with Crippen LogP contribution in [0, 0.1) is 6.92 Å². The smallest absolute Gasteiger partial charge is 0.226 e. The molecule has 0 spiro atoms. The van der Waals surface area contributed by atoms with Crippen LogP contribution in [-0.4, -0.2) is 36.1 Å². The molecule has 1 aliphatic rings. The number of aromatic nitrogens is 1. The van der Waals surface area contributed by atoms with Gasteiger partial charge in [-0.2, -0.15) is 0 Å². The van der Waals surface area contributed by atoms with Crippen molar-refractivity contribution in [2.45, 2.75) is 33.2 Å². The van der Waals surface area contributed by atoms with Gasteiger partial charge in [-0.05, 0) is 30.5 Å². The van der Waals surface area contributed by atoms with E-state index < -0.39 is 0 Å². The van der Waals surface area contributed by atoms with E-state index >= 15 is 0 Å². The van der Waals surface area contributed by atoms with Crippen molar-refractivity contribution in [1.82, 2.24) is 15.2 Å². The lowest BCUT2D eigenvalue weighted by Gasteiger charge is -2.26. The van der Waals surface area contributed by atoms with Crippen LogP contribution < -0.4 is 5.32 Å². The lowest BCUT2D eigenvalue weighted by atomic mass is 10.0. The Hall–Kier alpha value is -1.65. The predicted molar refractivity (Wildman–Crippen MR) is 88.9 cm³/mol. The van der Waals surface area contributed by atoms with Gasteiger partial charge in [0.05, 0.1) is 5.69 Å². The molecule has 0 saturated carbocycles. The number of hydrogen-bond donors (Lipinski definition) is 1. The van der Waals surface area contributed by atoms with Crippen molar-refractivity contribution < 1.29 is 4.42 Å². The average molecular weight is 299 g/mol. The third-order valence-electron chi connectivity index (χ3n) is 4.30. The first-order valence-corrected chi connectivity index (χ1v) is 8.13. The molecule has 0 unspecified atom stereocenters. The molecule has 1 N–H and O–H groups in total. The number of aryl methyl sites for hydroxylation is 1. The van der Waals surface area contributed by atoms with Gasteiger partial charge in [0.25, 0.3) is 0 Å². The fraction of sp³-hybridized carbons (Fsp3) is 0.500. The Bertz CT molecular complexity index is 610. The fourth-order valence-corrected chi connectivity index (χ4v) is 2.79. The number of rotatable bonds is 4. The standard InChI is InChI=1S/C18H25N3O/c1-13(2)15-4-6-16(7-5-15)18-20-17(14(3)22-18)12-21-10-8-19-9-11-21/h4-7,13,19H,8-12H2,1-3H3. The van der Waals surface area contributed by atoms with Crippen LogP contribution in [0.4, 0.5) is 0 Å². The van der Waals surface area contributed by atoms with Crippen molar-refractivity contribution in [1.29, 1.82) is 0 Å². The van der Waals surface area contributed by atoms with Gasteiger partial charge in [0.15, 0.2) is 0 Å². The van der Waals surface area contributed by atoms with Gasteiger partial charge in [-0.1, -0.05) is 26.0 Å². The van der Waals surface area contributed by atoms with Gasteiger partial charge in [0.1, 0.15) is 5.76 Å². The molecule has 4 nitrogen and oxygen atoms in total. The van der Waals surface area contributed by atoms with Crippen molar-refractivity contribution in [3.63, 3.8) is 0 Å². The molecule has 118 valence electrons.